The van der Waals surface area contributed by atoms with Gasteiger partial charge in [-0.05, 0) is 25.7 Å². The van der Waals surface area contributed by atoms with Crippen molar-refractivity contribution in [1.82, 2.24) is 0 Å². The van der Waals surface area contributed by atoms with Gasteiger partial charge in [0.1, 0.15) is 0 Å². The minimum absolute atomic E-state index is 0.179. The van der Waals surface area contributed by atoms with E-state index in [2.05, 4.69) is 26.0 Å². The van der Waals surface area contributed by atoms with Gasteiger partial charge < -0.3 is 5.11 Å². The van der Waals surface area contributed by atoms with Gasteiger partial charge in [0.2, 0.25) is 0 Å². The van der Waals surface area contributed by atoms with Crippen molar-refractivity contribution in [2.24, 2.45) is 5.92 Å². The molecule has 66 valence electrons. The summed E-state index contributed by atoms with van der Waals surface area (Å²) in [6.45, 7) is 6.09. The lowest BCUT2D eigenvalue weighted by atomic mass is 10.0. The second kappa shape index (κ2) is 6.41. The highest BCUT2D eigenvalue weighted by Crippen LogP contribution is 2.08. The third-order valence-corrected chi connectivity index (χ3v) is 1.95. The topological polar surface area (TPSA) is 20.2 Å². The number of aliphatic hydroxyl groups excluding tert-OH is 1. The molecule has 0 amide bonds. The molecule has 2 atom stereocenters. The highest BCUT2D eigenvalue weighted by Gasteiger charge is 2.04. The highest BCUT2D eigenvalue weighted by molar-refractivity contribution is 4.83. The van der Waals surface area contributed by atoms with E-state index < -0.39 is 0 Å². The van der Waals surface area contributed by atoms with Crippen LogP contribution in [0.4, 0.5) is 0 Å². The van der Waals surface area contributed by atoms with Crippen molar-refractivity contribution in [2.45, 2.75) is 46.1 Å². The van der Waals surface area contributed by atoms with Crippen LogP contribution in [0.5, 0.6) is 0 Å². The summed E-state index contributed by atoms with van der Waals surface area (Å²) in [6.07, 6.45) is 7.55. The van der Waals surface area contributed by atoms with Gasteiger partial charge in [-0.15, -0.1) is 0 Å². The summed E-state index contributed by atoms with van der Waals surface area (Å²) in [4.78, 5) is 0. The van der Waals surface area contributed by atoms with Crippen LogP contribution in [0.2, 0.25) is 0 Å². The maximum absolute atomic E-state index is 9.14. The van der Waals surface area contributed by atoms with Crippen LogP contribution in [0.3, 0.4) is 0 Å². The molecular weight excluding hydrogens is 136 g/mol. The predicted molar refractivity (Wildman–Crippen MR) is 49.5 cm³/mol. The molecule has 0 saturated heterocycles. The first-order valence-electron chi connectivity index (χ1n) is 4.51. The lowest BCUT2D eigenvalue weighted by molar-refractivity contribution is 0.136. The standard InChI is InChI=1S/C10H20O/c1-4-5-6-7-8-9(2)10(3)11/h6-7,9-11H,4-5,8H2,1-3H3/b7-6+/t9-,10+/m1/s1. The van der Waals surface area contributed by atoms with Crippen LogP contribution in [-0.2, 0) is 0 Å². The van der Waals surface area contributed by atoms with Gasteiger partial charge >= 0.3 is 0 Å². The Balaban J connectivity index is 3.36. The predicted octanol–water partition coefficient (Wildman–Crippen LogP) is 2.75. The van der Waals surface area contributed by atoms with E-state index in [1.165, 1.54) is 6.42 Å². The fourth-order valence-corrected chi connectivity index (χ4v) is 0.792. The van der Waals surface area contributed by atoms with Crippen molar-refractivity contribution >= 4 is 0 Å². The van der Waals surface area contributed by atoms with Crippen LogP contribution in [0.1, 0.15) is 40.0 Å². The van der Waals surface area contributed by atoms with E-state index in [1.807, 2.05) is 6.92 Å². The molecule has 0 aromatic carbocycles. The Labute approximate surface area is 70.1 Å². The first-order chi connectivity index (χ1) is 5.18. The Morgan fingerprint density at radius 2 is 1.91 bits per heavy atom. The second-order valence-electron chi connectivity index (χ2n) is 3.21. The maximum Gasteiger partial charge on any atom is 0.0540 e. The molecule has 0 fully saturated rings. The normalized spacial score (nSPS) is 17.1. The van der Waals surface area contributed by atoms with E-state index >= 15 is 0 Å². The SMILES string of the molecule is CCC/C=C/C[C@@H](C)[C@H](C)O. The molecule has 0 aromatic heterocycles. The Morgan fingerprint density at radius 3 is 2.36 bits per heavy atom. The van der Waals surface area contributed by atoms with Gasteiger partial charge in [0.05, 0.1) is 6.10 Å². The molecule has 0 rings (SSSR count). The van der Waals surface area contributed by atoms with Gasteiger partial charge in [-0.1, -0.05) is 32.4 Å². The van der Waals surface area contributed by atoms with Crippen molar-refractivity contribution in [3.63, 3.8) is 0 Å². The first kappa shape index (κ1) is 10.7. The van der Waals surface area contributed by atoms with Crippen molar-refractivity contribution in [1.29, 1.82) is 0 Å². The van der Waals surface area contributed by atoms with Crippen molar-refractivity contribution in [3.8, 4) is 0 Å². The lowest BCUT2D eigenvalue weighted by Gasteiger charge is -2.10. The summed E-state index contributed by atoms with van der Waals surface area (Å²) < 4.78 is 0. The molecule has 0 aliphatic carbocycles. The average molecular weight is 156 g/mol. The van der Waals surface area contributed by atoms with Gasteiger partial charge in [-0.3, -0.25) is 0 Å². The molecule has 1 N–H and O–H groups in total. The largest absolute Gasteiger partial charge is 0.393 e. The van der Waals surface area contributed by atoms with E-state index in [0.717, 1.165) is 12.8 Å². The minimum atomic E-state index is -0.179. The molecule has 0 unspecified atom stereocenters. The molecule has 0 saturated carbocycles. The molecule has 0 aromatic rings. The third kappa shape index (κ3) is 6.11. The fourth-order valence-electron chi connectivity index (χ4n) is 0.792. The van der Waals surface area contributed by atoms with Gasteiger partial charge in [0.25, 0.3) is 0 Å². The number of hydrogen-bond acceptors (Lipinski definition) is 1. The maximum atomic E-state index is 9.14. The van der Waals surface area contributed by atoms with Crippen LogP contribution in [0.15, 0.2) is 12.2 Å². The Bertz CT molecular complexity index is 105. The molecule has 0 heterocycles. The number of allylic oxidation sites excluding steroid dienone is 2. The van der Waals surface area contributed by atoms with Crippen molar-refractivity contribution in [2.75, 3.05) is 0 Å². The van der Waals surface area contributed by atoms with Crippen molar-refractivity contribution in [3.05, 3.63) is 12.2 Å². The summed E-state index contributed by atoms with van der Waals surface area (Å²) in [6, 6.07) is 0. The van der Waals surface area contributed by atoms with E-state index in [1.54, 1.807) is 0 Å². The summed E-state index contributed by atoms with van der Waals surface area (Å²) in [5.41, 5.74) is 0. The van der Waals surface area contributed by atoms with Gasteiger partial charge in [0, 0.05) is 0 Å². The van der Waals surface area contributed by atoms with Gasteiger partial charge in [-0.2, -0.15) is 0 Å². The van der Waals surface area contributed by atoms with Crippen LogP contribution < -0.4 is 0 Å². The number of unbranched alkanes of at least 4 members (excludes halogenated alkanes) is 1. The smallest absolute Gasteiger partial charge is 0.0540 e. The summed E-state index contributed by atoms with van der Waals surface area (Å²) in [7, 11) is 0. The zero-order valence-electron chi connectivity index (χ0n) is 7.88. The van der Waals surface area contributed by atoms with Crippen LogP contribution in [0, 0.1) is 5.92 Å². The number of hydrogen-bond donors (Lipinski definition) is 1. The zero-order chi connectivity index (χ0) is 8.69. The fraction of sp³-hybridized carbons (Fsp3) is 0.800. The molecular formula is C10H20O. The van der Waals surface area contributed by atoms with E-state index in [-0.39, 0.29) is 6.10 Å². The highest BCUT2D eigenvalue weighted by atomic mass is 16.3. The Kier molecular flexibility index (Phi) is 6.24. The average Bonchev–Trinajstić information content (AvgIpc) is 1.97. The zero-order valence-corrected chi connectivity index (χ0v) is 7.88. The Hall–Kier alpha value is -0.300. The number of aliphatic hydroxyl groups is 1. The summed E-state index contributed by atoms with van der Waals surface area (Å²) in [5, 5.41) is 9.14. The molecule has 0 aliphatic heterocycles. The second-order valence-corrected chi connectivity index (χ2v) is 3.21. The quantitative estimate of drug-likeness (QED) is 0.607. The Morgan fingerprint density at radius 1 is 1.27 bits per heavy atom. The van der Waals surface area contributed by atoms with Crippen LogP contribution in [0.25, 0.3) is 0 Å². The van der Waals surface area contributed by atoms with Crippen molar-refractivity contribution < 1.29 is 5.11 Å². The monoisotopic (exact) mass is 156 g/mol. The van der Waals surface area contributed by atoms with Gasteiger partial charge in [-0.25, -0.2) is 0 Å². The summed E-state index contributed by atoms with van der Waals surface area (Å²) in [5.74, 6) is 0.392. The minimum Gasteiger partial charge on any atom is -0.393 e. The molecule has 0 spiro atoms. The van der Waals surface area contributed by atoms with E-state index in [4.69, 9.17) is 5.11 Å². The van der Waals surface area contributed by atoms with Crippen LogP contribution in [-0.4, -0.2) is 11.2 Å². The molecule has 1 heteroatoms. The molecule has 0 aliphatic rings. The molecule has 0 radical (unpaired) electrons. The lowest BCUT2D eigenvalue weighted by Crippen LogP contribution is -2.11. The molecule has 11 heavy (non-hydrogen) atoms. The third-order valence-electron chi connectivity index (χ3n) is 1.95. The van der Waals surface area contributed by atoms with E-state index in [9.17, 15) is 0 Å². The molecule has 1 nitrogen and oxygen atoms in total. The van der Waals surface area contributed by atoms with E-state index in [0.29, 0.717) is 5.92 Å². The van der Waals surface area contributed by atoms with Gasteiger partial charge in [0.15, 0.2) is 0 Å². The molecule has 0 bridgehead atoms. The van der Waals surface area contributed by atoms with Crippen LogP contribution >= 0.6 is 0 Å². The first-order valence-corrected chi connectivity index (χ1v) is 4.51. The summed E-state index contributed by atoms with van der Waals surface area (Å²) >= 11 is 0. The number of rotatable bonds is 5.